The van der Waals surface area contributed by atoms with Crippen molar-refractivity contribution in [3.8, 4) is 11.3 Å². The summed E-state index contributed by atoms with van der Waals surface area (Å²) in [5.41, 5.74) is 2.03. The molecule has 0 spiro atoms. The Morgan fingerprint density at radius 3 is 2.56 bits per heavy atom. The fourth-order valence-electron chi connectivity index (χ4n) is 3.78. The number of unbranched alkanes of at least 4 members (excludes halogenated alkanes) is 2. The van der Waals surface area contributed by atoms with Crippen LogP contribution in [0.5, 0.6) is 0 Å². The van der Waals surface area contributed by atoms with Crippen molar-refractivity contribution >= 4 is 23.2 Å². The molecule has 0 unspecified atom stereocenters. The van der Waals surface area contributed by atoms with Crippen molar-refractivity contribution in [2.75, 3.05) is 18.0 Å². The van der Waals surface area contributed by atoms with Crippen molar-refractivity contribution < 1.29 is 0 Å². The van der Waals surface area contributed by atoms with E-state index in [4.69, 9.17) is 16.6 Å². The molecule has 142 valence electrons. The summed E-state index contributed by atoms with van der Waals surface area (Å²) in [6.45, 7) is 4.99. The summed E-state index contributed by atoms with van der Waals surface area (Å²) in [6.07, 6.45) is 7.60. The van der Waals surface area contributed by atoms with Crippen molar-refractivity contribution in [2.24, 2.45) is 0 Å². The van der Waals surface area contributed by atoms with Gasteiger partial charge in [-0.3, -0.25) is 9.20 Å². The monoisotopic (exact) mass is 384 g/mol. The Labute approximate surface area is 164 Å². The van der Waals surface area contributed by atoms with Gasteiger partial charge in [0.2, 0.25) is 5.78 Å². The van der Waals surface area contributed by atoms with Crippen LogP contribution in [0.1, 0.15) is 39.0 Å². The highest BCUT2D eigenvalue weighted by molar-refractivity contribution is 6.30. The smallest absolute Gasteiger partial charge is 0.261 e. The topological polar surface area (TPSA) is 42.5 Å². The number of rotatable bonds is 6. The third kappa shape index (κ3) is 3.61. The van der Waals surface area contributed by atoms with E-state index in [-0.39, 0.29) is 5.56 Å². The zero-order valence-electron chi connectivity index (χ0n) is 15.7. The third-order valence-corrected chi connectivity index (χ3v) is 5.51. The van der Waals surface area contributed by atoms with Crippen molar-refractivity contribution in [3.63, 3.8) is 0 Å². The Hall–Kier alpha value is -2.27. The first-order valence-electron chi connectivity index (χ1n) is 9.81. The van der Waals surface area contributed by atoms with Crippen LogP contribution in [-0.2, 0) is 6.54 Å². The van der Waals surface area contributed by atoms with Crippen LogP contribution >= 0.6 is 11.6 Å². The minimum absolute atomic E-state index is 0.0219. The molecular formula is C21H25ClN4O. The zero-order valence-corrected chi connectivity index (χ0v) is 16.5. The molecule has 6 heteroatoms. The molecule has 3 heterocycles. The second-order valence-electron chi connectivity index (χ2n) is 7.20. The van der Waals surface area contributed by atoms with Gasteiger partial charge in [-0.1, -0.05) is 43.5 Å². The lowest BCUT2D eigenvalue weighted by molar-refractivity contribution is 0.613. The normalized spacial score (nSPS) is 14.4. The Morgan fingerprint density at radius 2 is 1.85 bits per heavy atom. The second kappa shape index (κ2) is 7.77. The molecule has 1 aliphatic rings. The largest absolute Gasteiger partial charge is 0.356 e. The van der Waals surface area contributed by atoms with Gasteiger partial charge in [-0.2, -0.15) is 4.98 Å². The predicted octanol–water partition coefficient (Wildman–Crippen LogP) is 4.61. The lowest BCUT2D eigenvalue weighted by Crippen LogP contribution is -2.23. The quantitative estimate of drug-likeness (QED) is 0.583. The van der Waals surface area contributed by atoms with Crippen LogP contribution in [-0.4, -0.2) is 27.0 Å². The van der Waals surface area contributed by atoms with Gasteiger partial charge >= 0.3 is 0 Å². The molecule has 2 aromatic heterocycles. The lowest BCUT2D eigenvalue weighted by atomic mass is 10.1. The molecule has 3 aromatic rings. The molecule has 0 atom stereocenters. The molecule has 27 heavy (non-hydrogen) atoms. The fourth-order valence-corrected chi connectivity index (χ4v) is 3.90. The Balaban J connectivity index is 1.85. The van der Waals surface area contributed by atoms with E-state index in [0.29, 0.717) is 5.02 Å². The van der Waals surface area contributed by atoms with Gasteiger partial charge < -0.3 is 9.47 Å². The van der Waals surface area contributed by atoms with Gasteiger partial charge in [0.25, 0.3) is 5.56 Å². The van der Waals surface area contributed by atoms with Crippen LogP contribution in [0.25, 0.3) is 17.0 Å². The van der Waals surface area contributed by atoms with E-state index in [2.05, 4.69) is 16.4 Å². The van der Waals surface area contributed by atoms with E-state index in [1.54, 1.807) is 10.5 Å². The number of hydrogen-bond donors (Lipinski definition) is 0. The highest BCUT2D eigenvalue weighted by Gasteiger charge is 2.19. The van der Waals surface area contributed by atoms with Crippen molar-refractivity contribution in [3.05, 3.63) is 51.9 Å². The summed E-state index contributed by atoms with van der Waals surface area (Å²) in [6, 6.07) is 9.44. The van der Waals surface area contributed by atoms with E-state index in [1.807, 2.05) is 30.5 Å². The molecule has 0 aliphatic carbocycles. The predicted molar refractivity (Wildman–Crippen MR) is 111 cm³/mol. The SMILES string of the molecule is CCCCCn1c(-c2ccc(Cl)cc2)cn2c(=O)cc(N3CCCC3)nc12. The third-order valence-electron chi connectivity index (χ3n) is 5.26. The number of halogens is 1. The average molecular weight is 385 g/mol. The van der Waals surface area contributed by atoms with Gasteiger partial charge in [-0.15, -0.1) is 0 Å². The zero-order chi connectivity index (χ0) is 18.8. The average Bonchev–Trinajstić information content (AvgIpc) is 3.31. The summed E-state index contributed by atoms with van der Waals surface area (Å²) < 4.78 is 3.86. The van der Waals surface area contributed by atoms with Gasteiger partial charge in [-0.05, 0) is 37.0 Å². The van der Waals surface area contributed by atoms with Gasteiger partial charge in [0.05, 0.1) is 5.69 Å². The van der Waals surface area contributed by atoms with Gasteiger partial charge in [0.1, 0.15) is 5.82 Å². The summed E-state index contributed by atoms with van der Waals surface area (Å²) in [5, 5.41) is 0.707. The van der Waals surface area contributed by atoms with E-state index >= 15 is 0 Å². The van der Waals surface area contributed by atoms with E-state index in [9.17, 15) is 4.79 Å². The maximum Gasteiger partial charge on any atom is 0.261 e. The maximum atomic E-state index is 12.8. The molecule has 0 amide bonds. The number of benzene rings is 1. The first-order chi connectivity index (χ1) is 13.2. The summed E-state index contributed by atoms with van der Waals surface area (Å²) >= 11 is 6.06. The van der Waals surface area contributed by atoms with Crippen LogP contribution in [0.3, 0.4) is 0 Å². The van der Waals surface area contributed by atoms with Crippen molar-refractivity contribution in [1.82, 2.24) is 14.0 Å². The first-order valence-corrected chi connectivity index (χ1v) is 10.2. The van der Waals surface area contributed by atoms with Crippen LogP contribution in [0.2, 0.25) is 5.02 Å². The number of fused-ring (bicyclic) bond motifs is 1. The Bertz CT molecular complexity index is 984. The van der Waals surface area contributed by atoms with E-state index in [0.717, 1.165) is 74.6 Å². The lowest BCUT2D eigenvalue weighted by Gasteiger charge is -2.16. The molecule has 1 aliphatic heterocycles. The first kappa shape index (κ1) is 18.1. The molecular weight excluding hydrogens is 360 g/mol. The molecule has 0 bridgehead atoms. The van der Waals surface area contributed by atoms with Crippen molar-refractivity contribution in [1.29, 1.82) is 0 Å². The second-order valence-corrected chi connectivity index (χ2v) is 7.63. The van der Waals surface area contributed by atoms with Crippen LogP contribution in [0, 0.1) is 0 Å². The molecule has 1 saturated heterocycles. The minimum atomic E-state index is -0.0219. The molecule has 4 rings (SSSR count). The highest BCUT2D eigenvalue weighted by atomic mass is 35.5. The summed E-state index contributed by atoms with van der Waals surface area (Å²) in [4.78, 5) is 19.9. The van der Waals surface area contributed by atoms with Gasteiger partial charge in [-0.25, -0.2) is 0 Å². The van der Waals surface area contributed by atoms with Crippen LogP contribution < -0.4 is 10.5 Å². The number of nitrogens with zero attached hydrogens (tertiary/aromatic N) is 4. The molecule has 1 aromatic carbocycles. The number of aryl methyl sites for hydroxylation is 1. The Morgan fingerprint density at radius 1 is 1.11 bits per heavy atom. The minimum Gasteiger partial charge on any atom is -0.356 e. The highest BCUT2D eigenvalue weighted by Crippen LogP contribution is 2.26. The van der Waals surface area contributed by atoms with Crippen LogP contribution in [0.15, 0.2) is 41.3 Å². The molecule has 5 nitrogen and oxygen atoms in total. The maximum absolute atomic E-state index is 12.8. The van der Waals surface area contributed by atoms with E-state index in [1.165, 1.54) is 0 Å². The molecule has 1 fully saturated rings. The Kier molecular flexibility index (Phi) is 5.21. The van der Waals surface area contributed by atoms with Crippen molar-refractivity contribution in [2.45, 2.75) is 45.6 Å². The number of aromatic nitrogens is 3. The number of imidazole rings is 1. The van der Waals surface area contributed by atoms with Crippen LogP contribution in [0.4, 0.5) is 5.82 Å². The number of anilines is 1. The van der Waals surface area contributed by atoms with E-state index < -0.39 is 0 Å². The summed E-state index contributed by atoms with van der Waals surface area (Å²) in [5.74, 6) is 1.53. The summed E-state index contributed by atoms with van der Waals surface area (Å²) in [7, 11) is 0. The number of hydrogen-bond acceptors (Lipinski definition) is 3. The fraction of sp³-hybridized carbons (Fsp3) is 0.429. The van der Waals surface area contributed by atoms with Gasteiger partial charge in [0, 0.05) is 36.9 Å². The molecule has 0 radical (unpaired) electrons. The molecule has 0 N–H and O–H groups in total. The van der Waals surface area contributed by atoms with Gasteiger partial charge in [0.15, 0.2) is 0 Å². The standard InChI is InChI=1S/C21H25ClN4O/c1-2-3-4-13-25-18(16-7-9-17(22)10-8-16)15-26-20(27)14-19(23-21(25)26)24-11-5-6-12-24/h7-10,14-15H,2-6,11-13H2,1H3. The molecule has 0 saturated carbocycles.